The van der Waals surface area contributed by atoms with Crippen molar-refractivity contribution in [2.24, 2.45) is 34.0 Å². The number of hydrogen-bond acceptors (Lipinski definition) is 0. The Bertz CT molecular complexity index is 368. The van der Waals surface area contributed by atoms with E-state index in [-0.39, 0.29) is 0 Å². The van der Waals surface area contributed by atoms with E-state index in [2.05, 4.69) is 34.6 Å². The molecule has 0 radical (unpaired) electrons. The fourth-order valence-corrected chi connectivity index (χ4v) is 6.42. The van der Waals surface area contributed by atoms with E-state index in [1.165, 1.54) is 57.8 Å². The van der Waals surface area contributed by atoms with Crippen LogP contribution in [0.2, 0.25) is 0 Å². The lowest BCUT2D eigenvalue weighted by atomic mass is 9.43. The van der Waals surface area contributed by atoms with Gasteiger partial charge in [-0.1, -0.05) is 47.5 Å². The molecule has 3 rings (SSSR count). The van der Waals surface area contributed by atoms with Crippen LogP contribution in [0.1, 0.15) is 92.4 Å². The third-order valence-electron chi connectivity index (χ3n) is 8.29. The smallest absolute Gasteiger partial charge is 0.0266 e. The quantitative estimate of drug-likeness (QED) is 0.516. The van der Waals surface area contributed by atoms with E-state index in [9.17, 15) is 0 Å². The van der Waals surface area contributed by atoms with Gasteiger partial charge in [-0.2, -0.15) is 0 Å². The van der Waals surface area contributed by atoms with Crippen LogP contribution in [0.15, 0.2) is 0 Å². The molecule has 3 aliphatic carbocycles. The molecular formula is C20H36. The van der Waals surface area contributed by atoms with Gasteiger partial charge in [0.25, 0.3) is 0 Å². The van der Waals surface area contributed by atoms with E-state index in [0.29, 0.717) is 16.2 Å². The van der Waals surface area contributed by atoms with Crippen molar-refractivity contribution in [3.8, 4) is 0 Å². The van der Waals surface area contributed by atoms with Crippen molar-refractivity contribution in [1.29, 1.82) is 0 Å². The molecule has 0 aromatic rings. The van der Waals surface area contributed by atoms with Gasteiger partial charge in [-0.15, -0.1) is 0 Å². The molecule has 0 spiro atoms. The van der Waals surface area contributed by atoms with Crippen LogP contribution in [-0.4, -0.2) is 0 Å². The van der Waals surface area contributed by atoms with Gasteiger partial charge in [0, 0.05) is 0 Å². The summed E-state index contributed by atoms with van der Waals surface area (Å²) in [5, 5.41) is 0. The Morgan fingerprint density at radius 2 is 1.60 bits per heavy atom. The highest BCUT2D eigenvalue weighted by atomic mass is 14.6. The molecule has 0 bridgehead atoms. The van der Waals surface area contributed by atoms with Crippen molar-refractivity contribution >= 4 is 0 Å². The molecule has 0 amide bonds. The second-order valence-corrected chi connectivity index (χ2v) is 9.74. The van der Waals surface area contributed by atoms with Gasteiger partial charge in [0.15, 0.2) is 0 Å². The highest BCUT2D eigenvalue weighted by molar-refractivity contribution is 5.05. The van der Waals surface area contributed by atoms with Crippen molar-refractivity contribution in [1.82, 2.24) is 0 Å². The standard InChI is InChI=1S/C20H36/c1-6-19(4)12-13-20(5)15(14-19)9-10-16-17(20)8-7-11-18(16,2)3/h15-17H,6-14H2,1-5H3/t15-,16-,17-,19-,20-/m1/s1. The van der Waals surface area contributed by atoms with E-state index in [1.54, 1.807) is 0 Å². The number of hydrogen-bond donors (Lipinski definition) is 0. The zero-order chi connectivity index (χ0) is 14.6. The Labute approximate surface area is 127 Å². The predicted octanol–water partition coefficient (Wildman–Crippen LogP) is 6.45. The van der Waals surface area contributed by atoms with Crippen molar-refractivity contribution in [3.05, 3.63) is 0 Å². The number of fused-ring (bicyclic) bond motifs is 3. The van der Waals surface area contributed by atoms with Gasteiger partial charge in [0.05, 0.1) is 0 Å². The van der Waals surface area contributed by atoms with Crippen LogP contribution < -0.4 is 0 Å². The fraction of sp³-hybridized carbons (Fsp3) is 1.00. The molecule has 0 unspecified atom stereocenters. The summed E-state index contributed by atoms with van der Waals surface area (Å²) < 4.78 is 0. The lowest BCUT2D eigenvalue weighted by Crippen LogP contribution is -2.53. The van der Waals surface area contributed by atoms with Crippen LogP contribution in [-0.2, 0) is 0 Å². The topological polar surface area (TPSA) is 0 Å². The molecule has 0 heterocycles. The molecule has 0 heteroatoms. The first-order valence-electron chi connectivity index (χ1n) is 9.31. The third kappa shape index (κ3) is 2.17. The summed E-state index contributed by atoms with van der Waals surface area (Å²) in [7, 11) is 0. The van der Waals surface area contributed by atoms with E-state index in [1.807, 2.05) is 0 Å². The fourth-order valence-electron chi connectivity index (χ4n) is 6.42. The summed E-state index contributed by atoms with van der Waals surface area (Å²) in [4.78, 5) is 0. The third-order valence-corrected chi connectivity index (χ3v) is 8.29. The highest BCUT2D eigenvalue weighted by Crippen LogP contribution is 2.65. The normalized spacial score (nSPS) is 51.1. The van der Waals surface area contributed by atoms with Gasteiger partial charge < -0.3 is 0 Å². The summed E-state index contributed by atoms with van der Waals surface area (Å²) >= 11 is 0. The van der Waals surface area contributed by atoms with Crippen LogP contribution in [0, 0.1) is 34.0 Å². The zero-order valence-electron chi connectivity index (χ0n) is 14.6. The Kier molecular flexibility index (Phi) is 3.54. The molecule has 0 aromatic carbocycles. The van der Waals surface area contributed by atoms with Gasteiger partial charge in [0.2, 0.25) is 0 Å². The Hall–Kier alpha value is 0. The summed E-state index contributed by atoms with van der Waals surface area (Å²) in [5.41, 5.74) is 1.94. The largest absolute Gasteiger partial charge is 0.0649 e. The zero-order valence-corrected chi connectivity index (χ0v) is 14.6. The molecule has 3 fully saturated rings. The van der Waals surface area contributed by atoms with Crippen molar-refractivity contribution in [2.45, 2.75) is 92.4 Å². The first kappa shape index (κ1) is 14.9. The van der Waals surface area contributed by atoms with Crippen LogP contribution in [0.3, 0.4) is 0 Å². The second-order valence-electron chi connectivity index (χ2n) is 9.74. The first-order chi connectivity index (χ1) is 9.31. The minimum atomic E-state index is 0.613. The maximum atomic E-state index is 2.69. The summed E-state index contributed by atoms with van der Waals surface area (Å²) in [6.07, 6.45) is 13.4. The first-order valence-corrected chi connectivity index (χ1v) is 9.31. The summed E-state index contributed by atoms with van der Waals surface area (Å²) in [5.74, 6) is 3.08. The van der Waals surface area contributed by atoms with Crippen LogP contribution in [0.4, 0.5) is 0 Å². The molecule has 0 saturated heterocycles. The summed E-state index contributed by atoms with van der Waals surface area (Å²) in [6, 6.07) is 0. The van der Waals surface area contributed by atoms with Crippen molar-refractivity contribution in [3.63, 3.8) is 0 Å². The minimum absolute atomic E-state index is 0.613. The van der Waals surface area contributed by atoms with Gasteiger partial charge in [-0.05, 0) is 78.9 Å². The van der Waals surface area contributed by atoms with Crippen LogP contribution in [0.5, 0.6) is 0 Å². The highest BCUT2D eigenvalue weighted by Gasteiger charge is 2.55. The second kappa shape index (κ2) is 4.75. The molecule has 5 atom stereocenters. The van der Waals surface area contributed by atoms with Gasteiger partial charge in [0.1, 0.15) is 0 Å². The Morgan fingerprint density at radius 3 is 2.30 bits per heavy atom. The maximum Gasteiger partial charge on any atom is -0.0266 e. The molecule has 0 nitrogen and oxygen atoms in total. The molecule has 0 N–H and O–H groups in total. The predicted molar refractivity (Wildman–Crippen MR) is 87.7 cm³/mol. The van der Waals surface area contributed by atoms with E-state index in [0.717, 1.165) is 17.8 Å². The van der Waals surface area contributed by atoms with Crippen LogP contribution >= 0.6 is 0 Å². The average molecular weight is 277 g/mol. The molecule has 0 aromatic heterocycles. The number of rotatable bonds is 1. The van der Waals surface area contributed by atoms with Crippen LogP contribution in [0.25, 0.3) is 0 Å². The van der Waals surface area contributed by atoms with E-state index in [4.69, 9.17) is 0 Å². The molecule has 116 valence electrons. The molecule has 20 heavy (non-hydrogen) atoms. The van der Waals surface area contributed by atoms with E-state index >= 15 is 0 Å². The monoisotopic (exact) mass is 276 g/mol. The van der Waals surface area contributed by atoms with Gasteiger partial charge >= 0.3 is 0 Å². The maximum absolute atomic E-state index is 2.69. The molecule has 3 aliphatic rings. The molecule has 3 saturated carbocycles. The van der Waals surface area contributed by atoms with Gasteiger partial charge in [-0.3, -0.25) is 0 Å². The lowest BCUT2D eigenvalue weighted by Gasteiger charge is -2.62. The summed E-state index contributed by atoms with van der Waals surface area (Å²) in [6.45, 7) is 12.8. The van der Waals surface area contributed by atoms with Crippen molar-refractivity contribution in [2.75, 3.05) is 0 Å². The average Bonchev–Trinajstić information content (AvgIpc) is 2.40. The van der Waals surface area contributed by atoms with E-state index < -0.39 is 0 Å². The minimum Gasteiger partial charge on any atom is -0.0649 e. The molecular weight excluding hydrogens is 240 g/mol. The van der Waals surface area contributed by atoms with Gasteiger partial charge in [-0.25, -0.2) is 0 Å². The Morgan fingerprint density at radius 1 is 0.850 bits per heavy atom. The molecule has 0 aliphatic heterocycles. The lowest BCUT2D eigenvalue weighted by molar-refractivity contribution is -0.119. The Balaban J connectivity index is 1.85. The SMILES string of the molecule is CC[C@]1(C)CC[C@]2(C)[C@H](CC[C@@H]3[C@H]2CCCC3(C)C)C1. The van der Waals surface area contributed by atoms with Crippen molar-refractivity contribution < 1.29 is 0 Å².